The van der Waals surface area contributed by atoms with Crippen LogP contribution in [0.4, 0.5) is 0 Å². The van der Waals surface area contributed by atoms with Crippen molar-refractivity contribution < 1.29 is 14.3 Å². The Hall–Kier alpha value is -3.45. The Morgan fingerprint density at radius 2 is 1.76 bits per heavy atom. The first-order valence-corrected chi connectivity index (χ1v) is 13.4. The second-order valence-corrected chi connectivity index (χ2v) is 10.2. The average molecular weight is 501 g/mol. The van der Waals surface area contributed by atoms with Crippen molar-refractivity contribution in [2.45, 2.75) is 51.1 Å². The lowest BCUT2D eigenvalue weighted by Gasteiger charge is -2.36. The maximum absolute atomic E-state index is 14.1. The zero-order chi connectivity index (χ0) is 25.6. The second kappa shape index (κ2) is 11.7. The summed E-state index contributed by atoms with van der Waals surface area (Å²) in [5.41, 5.74) is 3.57. The van der Waals surface area contributed by atoms with Gasteiger partial charge in [0.15, 0.2) is 5.69 Å². The summed E-state index contributed by atoms with van der Waals surface area (Å²) in [5.74, 6) is -0.0769. The highest BCUT2D eigenvalue weighted by Crippen LogP contribution is 2.38. The highest BCUT2D eigenvalue weighted by Gasteiger charge is 2.34. The number of amides is 1. The van der Waals surface area contributed by atoms with Crippen molar-refractivity contribution in [1.82, 2.24) is 19.8 Å². The van der Waals surface area contributed by atoms with E-state index in [-0.39, 0.29) is 29.9 Å². The van der Waals surface area contributed by atoms with E-state index >= 15 is 0 Å². The Morgan fingerprint density at radius 1 is 1.03 bits per heavy atom. The van der Waals surface area contributed by atoms with Crippen LogP contribution in [0.15, 0.2) is 67.0 Å². The Morgan fingerprint density at radius 3 is 2.51 bits per heavy atom. The van der Waals surface area contributed by atoms with Crippen LogP contribution in [0.1, 0.15) is 54.7 Å². The molecule has 3 aromatic rings. The SMILES string of the molecule is CC(=O)OC[C@H]1CCCCC1n1cnc(C(=O)N2CCNC[C@H]2Cc2ccccc2)c1-c1ccccc1. The van der Waals surface area contributed by atoms with E-state index < -0.39 is 0 Å². The van der Waals surface area contributed by atoms with Crippen LogP contribution in [0.2, 0.25) is 0 Å². The van der Waals surface area contributed by atoms with Gasteiger partial charge in [-0.3, -0.25) is 9.59 Å². The number of nitrogens with zero attached hydrogens (tertiary/aromatic N) is 3. The summed E-state index contributed by atoms with van der Waals surface area (Å²) in [6.45, 7) is 4.03. The van der Waals surface area contributed by atoms with Crippen LogP contribution in [0.5, 0.6) is 0 Å². The first kappa shape index (κ1) is 25.2. The zero-order valence-electron chi connectivity index (χ0n) is 21.5. The van der Waals surface area contributed by atoms with Crippen LogP contribution in [0, 0.1) is 5.92 Å². The number of carbonyl (C=O) groups excluding carboxylic acids is 2. The van der Waals surface area contributed by atoms with E-state index in [4.69, 9.17) is 9.72 Å². The number of esters is 1. The van der Waals surface area contributed by atoms with Crippen molar-refractivity contribution in [3.05, 3.63) is 78.2 Å². The van der Waals surface area contributed by atoms with Gasteiger partial charge in [-0.2, -0.15) is 0 Å². The lowest BCUT2D eigenvalue weighted by Crippen LogP contribution is -2.54. The van der Waals surface area contributed by atoms with Crippen molar-refractivity contribution >= 4 is 11.9 Å². The molecule has 2 aromatic carbocycles. The quantitative estimate of drug-likeness (QED) is 0.484. The number of imidazole rings is 1. The molecule has 1 amide bonds. The van der Waals surface area contributed by atoms with Gasteiger partial charge < -0.3 is 19.5 Å². The first-order chi connectivity index (χ1) is 18.1. The van der Waals surface area contributed by atoms with Crippen LogP contribution in [-0.4, -0.2) is 58.6 Å². The van der Waals surface area contributed by atoms with Crippen molar-refractivity contribution in [1.29, 1.82) is 0 Å². The van der Waals surface area contributed by atoms with Crippen LogP contribution >= 0.6 is 0 Å². The van der Waals surface area contributed by atoms with Gasteiger partial charge >= 0.3 is 5.97 Å². The molecule has 37 heavy (non-hydrogen) atoms. The molecule has 1 N–H and O–H groups in total. The summed E-state index contributed by atoms with van der Waals surface area (Å²) < 4.78 is 7.63. The van der Waals surface area contributed by atoms with Crippen molar-refractivity contribution in [2.75, 3.05) is 26.2 Å². The molecule has 1 saturated carbocycles. The number of rotatable bonds is 7. The summed E-state index contributed by atoms with van der Waals surface area (Å²) in [4.78, 5) is 32.4. The van der Waals surface area contributed by atoms with Crippen molar-refractivity contribution in [3.8, 4) is 11.3 Å². The van der Waals surface area contributed by atoms with Crippen LogP contribution in [-0.2, 0) is 16.0 Å². The molecule has 194 valence electrons. The highest BCUT2D eigenvalue weighted by molar-refractivity contribution is 5.98. The van der Waals surface area contributed by atoms with E-state index in [1.165, 1.54) is 12.5 Å². The van der Waals surface area contributed by atoms with Gasteiger partial charge in [0.05, 0.1) is 18.6 Å². The molecular weight excluding hydrogens is 464 g/mol. The number of hydrogen-bond acceptors (Lipinski definition) is 5. The summed E-state index contributed by atoms with van der Waals surface area (Å²) >= 11 is 0. The van der Waals surface area contributed by atoms with Gasteiger partial charge in [-0.05, 0) is 24.8 Å². The van der Waals surface area contributed by atoms with Crippen LogP contribution in [0.3, 0.4) is 0 Å². The molecule has 0 spiro atoms. The molecule has 2 aliphatic rings. The fourth-order valence-electron chi connectivity index (χ4n) is 5.86. The average Bonchev–Trinajstić information content (AvgIpc) is 3.38. The molecule has 2 fully saturated rings. The minimum Gasteiger partial charge on any atom is -0.465 e. The summed E-state index contributed by atoms with van der Waals surface area (Å²) in [7, 11) is 0. The van der Waals surface area contributed by atoms with E-state index in [1.807, 2.05) is 59.8 Å². The van der Waals surface area contributed by atoms with E-state index in [9.17, 15) is 9.59 Å². The molecule has 3 atom stereocenters. The maximum Gasteiger partial charge on any atom is 0.302 e. The number of hydrogen-bond donors (Lipinski definition) is 1. The Labute approximate surface area is 218 Å². The third-order valence-electron chi connectivity index (χ3n) is 7.70. The Kier molecular flexibility index (Phi) is 7.99. The smallest absolute Gasteiger partial charge is 0.302 e. The topological polar surface area (TPSA) is 76.5 Å². The van der Waals surface area contributed by atoms with Gasteiger partial charge in [0.2, 0.25) is 0 Å². The lowest BCUT2D eigenvalue weighted by atomic mass is 9.84. The normalized spacial score (nSPS) is 22.0. The van der Waals surface area contributed by atoms with E-state index in [0.717, 1.165) is 56.5 Å². The number of aromatic nitrogens is 2. The Bertz CT molecular complexity index is 1190. The summed E-state index contributed by atoms with van der Waals surface area (Å²) in [6, 6.07) is 20.6. The predicted molar refractivity (Wildman–Crippen MR) is 143 cm³/mol. The van der Waals surface area contributed by atoms with E-state index in [1.54, 1.807) is 0 Å². The van der Waals surface area contributed by atoms with Crippen LogP contribution in [0.25, 0.3) is 11.3 Å². The van der Waals surface area contributed by atoms with Gasteiger partial charge in [0.25, 0.3) is 5.91 Å². The third kappa shape index (κ3) is 5.77. The number of piperazine rings is 1. The number of benzene rings is 2. The molecule has 7 nitrogen and oxygen atoms in total. The second-order valence-electron chi connectivity index (χ2n) is 10.2. The predicted octanol–water partition coefficient (Wildman–Crippen LogP) is 4.50. The van der Waals surface area contributed by atoms with Gasteiger partial charge in [0, 0.05) is 50.1 Å². The monoisotopic (exact) mass is 500 g/mol. The molecule has 1 aromatic heterocycles. The first-order valence-electron chi connectivity index (χ1n) is 13.4. The molecule has 2 heterocycles. The van der Waals surface area contributed by atoms with Crippen molar-refractivity contribution in [3.63, 3.8) is 0 Å². The number of carbonyl (C=O) groups is 2. The zero-order valence-corrected chi connectivity index (χ0v) is 21.5. The van der Waals surface area contributed by atoms with Crippen LogP contribution < -0.4 is 5.32 Å². The fourth-order valence-corrected chi connectivity index (χ4v) is 5.86. The molecule has 0 radical (unpaired) electrons. The molecule has 0 bridgehead atoms. The molecule has 1 saturated heterocycles. The maximum atomic E-state index is 14.1. The molecule has 1 unspecified atom stereocenters. The van der Waals surface area contributed by atoms with E-state index in [2.05, 4.69) is 22.0 Å². The number of ether oxygens (including phenoxy) is 1. The largest absolute Gasteiger partial charge is 0.465 e. The minimum absolute atomic E-state index is 0.0209. The third-order valence-corrected chi connectivity index (χ3v) is 7.70. The summed E-state index contributed by atoms with van der Waals surface area (Å²) in [6.07, 6.45) is 6.82. The molecular formula is C30H36N4O3. The van der Waals surface area contributed by atoms with Gasteiger partial charge in [-0.15, -0.1) is 0 Å². The summed E-state index contributed by atoms with van der Waals surface area (Å²) in [5, 5.41) is 3.46. The van der Waals surface area contributed by atoms with Gasteiger partial charge in [0.1, 0.15) is 0 Å². The highest BCUT2D eigenvalue weighted by atomic mass is 16.5. The molecule has 1 aliphatic heterocycles. The molecule has 1 aliphatic carbocycles. The minimum atomic E-state index is -0.253. The van der Waals surface area contributed by atoms with Gasteiger partial charge in [-0.25, -0.2) is 4.98 Å². The molecule has 7 heteroatoms. The van der Waals surface area contributed by atoms with E-state index in [0.29, 0.717) is 18.8 Å². The number of nitrogens with one attached hydrogen (secondary N) is 1. The van der Waals surface area contributed by atoms with Crippen molar-refractivity contribution in [2.24, 2.45) is 5.92 Å². The standard InChI is InChI=1S/C30H36N4O3/c1-22(35)37-20-25-14-8-9-15-27(25)34-21-32-28(29(34)24-12-6-3-7-13-24)30(36)33-17-16-31-19-26(33)18-23-10-4-2-5-11-23/h2-7,10-13,21,25-27,31H,8-9,14-20H2,1H3/t25-,26-,27?/m1/s1. The Balaban J connectivity index is 1.49. The molecule has 5 rings (SSSR count). The lowest BCUT2D eigenvalue weighted by molar-refractivity contribution is -0.143. The van der Waals surface area contributed by atoms with Gasteiger partial charge in [-0.1, -0.05) is 73.5 Å². The fraction of sp³-hybridized carbons (Fsp3) is 0.433.